The molecule has 92 valence electrons. The number of nitrogens with one attached hydrogen (secondary N) is 2. The molecule has 0 saturated carbocycles. The Morgan fingerprint density at radius 2 is 2.47 bits per heavy atom. The molecule has 1 saturated heterocycles. The highest BCUT2D eigenvalue weighted by Crippen LogP contribution is 2.17. The summed E-state index contributed by atoms with van der Waals surface area (Å²) in [4.78, 5) is 15.9. The molecule has 6 heteroatoms. The van der Waals surface area contributed by atoms with Gasteiger partial charge < -0.3 is 15.7 Å². The minimum absolute atomic E-state index is 0.134. The molecule has 17 heavy (non-hydrogen) atoms. The van der Waals surface area contributed by atoms with Gasteiger partial charge in [-0.3, -0.25) is 4.79 Å². The van der Waals surface area contributed by atoms with E-state index in [4.69, 9.17) is 0 Å². The van der Waals surface area contributed by atoms with E-state index in [2.05, 4.69) is 31.5 Å². The summed E-state index contributed by atoms with van der Waals surface area (Å²) in [5.74, 6) is -0.134. The van der Waals surface area contributed by atoms with Gasteiger partial charge in [0.1, 0.15) is 4.60 Å². The van der Waals surface area contributed by atoms with Crippen molar-refractivity contribution in [3.8, 4) is 0 Å². The fourth-order valence-electron chi connectivity index (χ4n) is 1.77. The Morgan fingerprint density at radius 1 is 1.71 bits per heavy atom. The van der Waals surface area contributed by atoms with Crippen LogP contribution >= 0.6 is 15.9 Å². The molecule has 2 rings (SSSR count). The summed E-state index contributed by atoms with van der Waals surface area (Å²) >= 11 is 3.30. The van der Waals surface area contributed by atoms with Crippen molar-refractivity contribution in [3.05, 3.63) is 22.4 Å². The quantitative estimate of drug-likeness (QED) is 0.707. The van der Waals surface area contributed by atoms with Crippen LogP contribution in [0.3, 0.4) is 0 Å². The second kappa shape index (κ2) is 5.12. The van der Waals surface area contributed by atoms with Crippen LogP contribution in [0.4, 0.5) is 5.69 Å². The van der Waals surface area contributed by atoms with E-state index < -0.39 is 6.10 Å². The van der Waals surface area contributed by atoms with Crippen LogP contribution in [0.2, 0.25) is 0 Å². The van der Waals surface area contributed by atoms with Crippen molar-refractivity contribution in [2.75, 3.05) is 11.9 Å². The topological polar surface area (TPSA) is 74.2 Å². The molecule has 5 nitrogen and oxygen atoms in total. The lowest BCUT2D eigenvalue weighted by molar-refractivity contribution is -0.117. The number of hydrogen-bond acceptors (Lipinski definition) is 4. The number of pyridine rings is 1. The summed E-state index contributed by atoms with van der Waals surface area (Å²) in [7, 11) is 0. The Bertz CT molecular complexity index is 439. The molecule has 1 aliphatic rings. The number of nitrogens with zero attached hydrogens (tertiary/aromatic N) is 1. The molecule has 3 N–H and O–H groups in total. The molecule has 2 heterocycles. The first kappa shape index (κ1) is 12.5. The van der Waals surface area contributed by atoms with Gasteiger partial charge in [0.2, 0.25) is 5.91 Å². The number of aliphatic hydroxyl groups excluding tert-OH is 1. The molecule has 0 radical (unpaired) electrons. The molecule has 0 spiro atoms. The lowest BCUT2D eigenvalue weighted by atomic mass is 10.2. The first-order chi connectivity index (χ1) is 8.06. The standard InChI is InChI=1S/C11H14BrN3O2/c1-6-2-7(4-14-10(6)12)15-11(17)9-3-8(16)5-13-9/h2,4,8-9,13,16H,3,5H2,1H3,(H,15,17). The number of halogens is 1. The third-order valence-corrected chi connectivity index (χ3v) is 3.54. The first-order valence-corrected chi connectivity index (χ1v) is 6.20. The monoisotopic (exact) mass is 299 g/mol. The van der Waals surface area contributed by atoms with Crippen LogP contribution in [0.5, 0.6) is 0 Å². The van der Waals surface area contributed by atoms with Crippen LogP contribution in [0.15, 0.2) is 16.9 Å². The number of aryl methyl sites for hydroxylation is 1. The fourth-order valence-corrected chi connectivity index (χ4v) is 1.99. The Labute approximate surface area is 108 Å². The van der Waals surface area contributed by atoms with E-state index in [9.17, 15) is 9.90 Å². The fraction of sp³-hybridized carbons (Fsp3) is 0.455. The number of hydrogen-bond donors (Lipinski definition) is 3. The zero-order chi connectivity index (χ0) is 12.4. The van der Waals surface area contributed by atoms with E-state index in [1.54, 1.807) is 6.20 Å². The Hall–Kier alpha value is -0.980. The van der Waals surface area contributed by atoms with Gasteiger partial charge in [0.15, 0.2) is 0 Å². The number of β-amino-alcohol motifs (C(OH)–C–C–N with tert-alkyl or cyclic N) is 1. The van der Waals surface area contributed by atoms with Crippen LogP contribution in [0, 0.1) is 6.92 Å². The van der Waals surface area contributed by atoms with Gasteiger partial charge in [-0.2, -0.15) is 0 Å². The molecular formula is C11H14BrN3O2. The smallest absolute Gasteiger partial charge is 0.241 e. The molecule has 0 aromatic carbocycles. The molecule has 1 aromatic rings. The maximum atomic E-state index is 11.8. The van der Waals surface area contributed by atoms with Crippen LogP contribution in [-0.2, 0) is 4.79 Å². The van der Waals surface area contributed by atoms with Crippen LogP contribution in [0.25, 0.3) is 0 Å². The number of amides is 1. The summed E-state index contributed by atoms with van der Waals surface area (Å²) in [6.07, 6.45) is 1.62. The van der Waals surface area contributed by atoms with E-state index in [0.717, 1.165) is 10.2 Å². The summed E-state index contributed by atoms with van der Waals surface area (Å²) in [6, 6.07) is 1.52. The number of aliphatic hydroxyl groups is 1. The number of anilines is 1. The Morgan fingerprint density at radius 3 is 3.06 bits per heavy atom. The van der Waals surface area contributed by atoms with Crippen LogP contribution in [0.1, 0.15) is 12.0 Å². The van der Waals surface area contributed by atoms with Crippen LogP contribution in [-0.4, -0.2) is 34.7 Å². The normalized spacial score (nSPS) is 23.7. The number of rotatable bonds is 2. The van der Waals surface area contributed by atoms with Gasteiger partial charge in [-0.05, 0) is 40.9 Å². The highest BCUT2D eigenvalue weighted by molar-refractivity contribution is 9.10. The molecule has 0 bridgehead atoms. The van der Waals surface area contributed by atoms with E-state index in [0.29, 0.717) is 18.7 Å². The largest absolute Gasteiger partial charge is 0.392 e. The average molecular weight is 300 g/mol. The van der Waals surface area contributed by atoms with Crippen molar-refractivity contribution in [2.24, 2.45) is 0 Å². The third kappa shape index (κ3) is 3.02. The Balaban J connectivity index is 2.00. The molecule has 1 aliphatic heterocycles. The van der Waals surface area contributed by atoms with Gasteiger partial charge >= 0.3 is 0 Å². The molecule has 2 atom stereocenters. The van der Waals surface area contributed by atoms with Crippen molar-refractivity contribution < 1.29 is 9.90 Å². The first-order valence-electron chi connectivity index (χ1n) is 5.40. The summed E-state index contributed by atoms with van der Waals surface area (Å²) in [6.45, 7) is 2.38. The number of carbonyl (C=O) groups is 1. The van der Waals surface area contributed by atoms with Gasteiger partial charge in [-0.1, -0.05) is 0 Å². The average Bonchev–Trinajstić information content (AvgIpc) is 2.70. The second-order valence-electron chi connectivity index (χ2n) is 4.17. The maximum absolute atomic E-state index is 11.8. The van der Waals surface area contributed by atoms with Gasteiger partial charge in [-0.25, -0.2) is 4.98 Å². The van der Waals surface area contributed by atoms with Crippen LogP contribution < -0.4 is 10.6 Å². The zero-order valence-corrected chi connectivity index (χ0v) is 11.0. The molecule has 2 unspecified atom stereocenters. The molecule has 1 amide bonds. The lowest BCUT2D eigenvalue weighted by Crippen LogP contribution is -2.35. The lowest BCUT2D eigenvalue weighted by Gasteiger charge is -2.11. The van der Waals surface area contributed by atoms with Crippen molar-refractivity contribution in [2.45, 2.75) is 25.5 Å². The third-order valence-electron chi connectivity index (χ3n) is 2.71. The highest BCUT2D eigenvalue weighted by Gasteiger charge is 2.27. The predicted octanol–water partition coefficient (Wildman–Crippen LogP) is 0.814. The predicted molar refractivity (Wildman–Crippen MR) is 67.7 cm³/mol. The van der Waals surface area contributed by atoms with E-state index in [1.807, 2.05) is 13.0 Å². The minimum atomic E-state index is -0.435. The van der Waals surface area contributed by atoms with Gasteiger partial charge in [-0.15, -0.1) is 0 Å². The number of aromatic nitrogens is 1. The van der Waals surface area contributed by atoms with Crippen molar-refractivity contribution in [1.82, 2.24) is 10.3 Å². The van der Waals surface area contributed by atoms with Crippen molar-refractivity contribution in [3.63, 3.8) is 0 Å². The van der Waals surface area contributed by atoms with E-state index >= 15 is 0 Å². The Kier molecular flexibility index (Phi) is 3.76. The molecule has 0 aliphatic carbocycles. The molecule has 1 fully saturated rings. The van der Waals surface area contributed by atoms with Crippen molar-refractivity contribution >= 4 is 27.5 Å². The van der Waals surface area contributed by atoms with Gasteiger partial charge in [0.25, 0.3) is 0 Å². The zero-order valence-electron chi connectivity index (χ0n) is 9.40. The summed E-state index contributed by atoms with van der Waals surface area (Å²) < 4.78 is 0.768. The molecule has 1 aromatic heterocycles. The number of carbonyl (C=O) groups excluding carboxylic acids is 1. The SMILES string of the molecule is Cc1cc(NC(=O)C2CC(O)CN2)cnc1Br. The minimum Gasteiger partial charge on any atom is -0.392 e. The maximum Gasteiger partial charge on any atom is 0.241 e. The van der Waals surface area contributed by atoms with Crippen molar-refractivity contribution in [1.29, 1.82) is 0 Å². The van der Waals surface area contributed by atoms with Gasteiger partial charge in [0.05, 0.1) is 24.0 Å². The van der Waals surface area contributed by atoms with E-state index in [1.165, 1.54) is 0 Å². The summed E-state index contributed by atoms with van der Waals surface area (Å²) in [5.41, 5.74) is 1.63. The summed E-state index contributed by atoms with van der Waals surface area (Å²) in [5, 5.41) is 15.1. The van der Waals surface area contributed by atoms with Gasteiger partial charge in [0, 0.05) is 6.54 Å². The molecular weight excluding hydrogens is 286 g/mol. The highest BCUT2D eigenvalue weighted by atomic mass is 79.9. The van der Waals surface area contributed by atoms with E-state index in [-0.39, 0.29) is 11.9 Å². The second-order valence-corrected chi connectivity index (χ2v) is 4.92.